The lowest BCUT2D eigenvalue weighted by atomic mass is 10.1. The molecule has 30 heavy (non-hydrogen) atoms. The van der Waals surface area contributed by atoms with Crippen LogP contribution in [0.15, 0.2) is 64.2 Å². The predicted molar refractivity (Wildman–Crippen MR) is 107 cm³/mol. The first-order valence-electron chi connectivity index (χ1n) is 9.20. The molecule has 0 saturated carbocycles. The minimum absolute atomic E-state index is 0.171. The third-order valence-electron chi connectivity index (χ3n) is 4.42. The quantitative estimate of drug-likeness (QED) is 0.702. The highest BCUT2D eigenvalue weighted by Crippen LogP contribution is 2.19. The molecule has 1 N–H and O–H groups in total. The number of carbonyl (C=O) groups is 2. The van der Waals surface area contributed by atoms with Crippen molar-refractivity contribution in [2.75, 3.05) is 11.9 Å². The Morgan fingerprint density at radius 3 is 2.70 bits per heavy atom. The summed E-state index contributed by atoms with van der Waals surface area (Å²) in [6.07, 6.45) is 0.509. The molecule has 0 saturated heterocycles. The summed E-state index contributed by atoms with van der Waals surface area (Å²) in [5.41, 5.74) is 1.95. The zero-order chi connectivity index (χ0) is 20.9. The first kappa shape index (κ1) is 19.0. The zero-order valence-corrected chi connectivity index (χ0v) is 15.8. The standard InChI is InChI=1S/C21H16N6O3/c22-12-15-8-4-5-9-16(15)23-18(28)13-27-19(29)11-10-17(25-27)21-24-20(26-30-21)14-6-2-1-3-7-14/h1-9H,10-11,13H2,(H,23,28). The molecule has 2 heterocycles. The van der Waals surface area contributed by atoms with E-state index in [0.29, 0.717) is 29.2 Å². The third-order valence-corrected chi connectivity index (χ3v) is 4.42. The molecule has 9 heteroatoms. The summed E-state index contributed by atoms with van der Waals surface area (Å²) >= 11 is 0. The topological polar surface area (TPSA) is 124 Å². The van der Waals surface area contributed by atoms with Crippen LogP contribution in [0.1, 0.15) is 24.3 Å². The highest BCUT2D eigenvalue weighted by molar-refractivity contribution is 6.02. The fraction of sp³-hybridized carbons (Fsp3) is 0.143. The maximum Gasteiger partial charge on any atom is 0.274 e. The number of nitrogens with zero attached hydrogens (tertiary/aromatic N) is 5. The van der Waals surface area contributed by atoms with Crippen LogP contribution in [0.2, 0.25) is 0 Å². The van der Waals surface area contributed by atoms with Crippen molar-refractivity contribution in [2.24, 2.45) is 5.10 Å². The molecule has 0 radical (unpaired) electrons. The number of anilines is 1. The molecule has 0 atom stereocenters. The van der Waals surface area contributed by atoms with Crippen LogP contribution in [0.4, 0.5) is 5.69 Å². The number of amides is 2. The maximum atomic E-state index is 12.4. The van der Waals surface area contributed by atoms with Crippen molar-refractivity contribution in [2.45, 2.75) is 12.8 Å². The average molecular weight is 400 g/mol. The van der Waals surface area contributed by atoms with E-state index in [9.17, 15) is 9.59 Å². The molecule has 9 nitrogen and oxygen atoms in total. The van der Waals surface area contributed by atoms with Crippen LogP contribution in [0.5, 0.6) is 0 Å². The lowest BCUT2D eigenvalue weighted by Gasteiger charge is -2.21. The Labute approximate surface area is 171 Å². The molecule has 0 unspecified atom stereocenters. The number of nitriles is 1. The van der Waals surface area contributed by atoms with Gasteiger partial charge in [0.1, 0.15) is 18.3 Å². The minimum atomic E-state index is -0.466. The van der Waals surface area contributed by atoms with Gasteiger partial charge < -0.3 is 9.84 Å². The zero-order valence-electron chi connectivity index (χ0n) is 15.8. The van der Waals surface area contributed by atoms with Gasteiger partial charge in [0.05, 0.1) is 11.3 Å². The van der Waals surface area contributed by atoms with Gasteiger partial charge in [0, 0.05) is 18.4 Å². The van der Waals surface area contributed by atoms with Gasteiger partial charge in [-0.1, -0.05) is 47.6 Å². The number of nitrogens with one attached hydrogen (secondary N) is 1. The minimum Gasteiger partial charge on any atom is -0.332 e. The Bertz CT molecular complexity index is 1160. The van der Waals surface area contributed by atoms with E-state index < -0.39 is 5.91 Å². The van der Waals surface area contributed by atoms with E-state index in [-0.39, 0.29) is 24.8 Å². The molecule has 0 fully saturated rings. The van der Waals surface area contributed by atoms with Crippen LogP contribution < -0.4 is 5.32 Å². The second-order valence-corrected chi connectivity index (χ2v) is 6.49. The van der Waals surface area contributed by atoms with Gasteiger partial charge in [0.2, 0.25) is 17.6 Å². The molecule has 0 spiro atoms. The number of carbonyl (C=O) groups excluding carboxylic acids is 2. The lowest BCUT2D eigenvalue weighted by molar-refractivity contribution is -0.135. The van der Waals surface area contributed by atoms with Crippen molar-refractivity contribution in [3.63, 3.8) is 0 Å². The Balaban J connectivity index is 1.49. The van der Waals surface area contributed by atoms with Crippen molar-refractivity contribution in [3.05, 3.63) is 66.1 Å². The first-order chi connectivity index (χ1) is 14.6. The molecule has 2 aromatic carbocycles. The van der Waals surface area contributed by atoms with Crippen molar-refractivity contribution in [3.8, 4) is 17.5 Å². The van der Waals surface area contributed by atoms with E-state index in [0.717, 1.165) is 10.6 Å². The van der Waals surface area contributed by atoms with E-state index >= 15 is 0 Å². The van der Waals surface area contributed by atoms with Gasteiger partial charge in [0.15, 0.2) is 0 Å². The highest BCUT2D eigenvalue weighted by atomic mass is 16.5. The molecule has 2 amide bonds. The second kappa shape index (κ2) is 8.36. The van der Waals surface area contributed by atoms with Crippen LogP contribution in [0.25, 0.3) is 11.4 Å². The molecule has 0 aliphatic carbocycles. The van der Waals surface area contributed by atoms with Gasteiger partial charge in [-0.2, -0.15) is 15.3 Å². The predicted octanol–water partition coefficient (Wildman–Crippen LogP) is 2.57. The van der Waals surface area contributed by atoms with Crippen LogP contribution in [0.3, 0.4) is 0 Å². The summed E-state index contributed by atoms with van der Waals surface area (Å²) < 4.78 is 5.31. The monoisotopic (exact) mass is 400 g/mol. The summed E-state index contributed by atoms with van der Waals surface area (Å²) in [7, 11) is 0. The smallest absolute Gasteiger partial charge is 0.274 e. The van der Waals surface area contributed by atoms with Crippen LogP contribution in [-0.2, 0) is 9.59 Å². The van der Waals surface area contributed by atoms with Crippen molar-refractivity contribution < 1.29 is 14.1 Å². The fourth-order valence-electron chi connectivity index (χ4n) is 2.94. The van der Waals surface area contributed by atoms with Gasteiger partial charge in [-0.3, -0.25) is 9.59 Å². The summed E-state index contributed by atoms with van der Waals surface area (Å²) in [4.78, 5) is 29.0. The number of aromatic nitrogens is 2. The molecule has 0 bridgehead atoms. The molecule has 3 aromatic rings. The van der Waals surface area contributed by atoms with E-state index in [4.69, 9.17) is 9.78 Å². The highest BCUT2D eigenvalue weighted by Gasteiger charge is 2.26. The number of hydrogen-bond donors (Lipinski definition) is 1. The van der Waals surface area contributed by atoms with Crippen LogP contribution >= 0.6 is 0 Å². The SMILES string of the molecule is N#Cc1ccccc1NC(=O)CN1N=C(c2nc(-c3ccccc3)no2)CCC1=O. The van der Waals surface area contributed by atoms with Crippen LogP contribution in [-0.4, -0.2) is 39.2 Å². The summed E-state index contributed by atoms with van der Waals surface area (Å²) in [5, 5.41) is 21.0. The Hall–Kier alpha value is -4.32. The molecule has 1 aromatic heterocycles. The molecule has 1 aliphatic rings. The lowest BCUT2D eigenvalue weighted by Crippen LogP contribution is -2.38. The van der Waals surface area contributed by atoms with Gasteiger partial charge in [-0.25, -0.2) is 5.01 Å². The average Bonchev–Trinajstić information content (AvgIpc) is 3.26. The first-order valence-corrected chi connectivity index (χ1v) is 9.20. The summed E-state index contributed by atoms with van der Waals surface area (Å²) in [5.74, 6) is -0.124. The fourth-order valence-corrected chi connectivity index (χ4v) is 2.94. The van der Waals surface area contributed by atoms with Crippen LogP contribution in [0, 0.1) is 11.3 Å². The Kier molecular flexibility index (Phi) is 5.30. The van der Waals surface area contributed by atoms with Gasteiger partial charge in [0.25, 0.3) is 5.89 Å². The van der Waals surface area contributed by atoms with Gasteiger partial charge >= 0.3 is 0 Å². The van der Waals surface area contributed by atoms with Crippen molar-refractivity contribution in [1.82, 2.24) is 15.1 Å². The number of para-hydroxylation sites is 1. The third kappa shape index (κ3) is 4.07. The number of rotatable bonds is 5. The number of hydrogen-bond acceptors (Lipinski definition) is 7. The summed E-state index contributed by atoms with van der Waals surface area (Å²) in [6, 6.07) is 18.0. The van der Waals surface area contributed by atoms with E-state index in [2.05, 4.69) is 20.6 Å². The number of hydrazone groups is 1. The van der Waals surface area contributed by atoms with Crippen molar-refractivity contribution in [1.29, 1.82) is 5.26 Å². The van der Waals surface area contributed by atoms with Gasteiger partial charge in [-0.05, 0) is 12.1 Å². The maximum absolute atomic E-state index is 12.4. The Morgan fingerprint density at radius 2 is 1.90 bits per heavy atom. The summed E-state index contributed by atoms with van der Waals surface area (Å²) in [6.45, 7) is -0.290. The van der Waals surface area contributed by atoms with Crippen molar-refractivity contribution >= 4 is 23.2 Å². The Morgan fingerprint density at radius 1 is 1.13 bits per heavy atom. The molecule has 148 valence electrons. The molecular formula is C21H16N6O3. The second-order valence-electron chi connectivity index (χ2n) is 6.49. The van der Waals surface area contributed by atoms with E-state index in [1.165, 1.54) is 0 Å². The normalized spacial score (nSPS) is 13.5. The molecular weight excluding hydrogens is 384 g/mol. The van der Waals surface area contributed by atoms with Gasteiger partial charge in [-0.15, -0.1) is 0 Å². The largest absolute Gasteiger partial charge is 0.332 e. The number of benzene rings is 2. The van der Waals surface area contributed by atoms with E-state index in [1.54, 1.807) is 24.3 Å². The molecule has 1 aliphatic heterocycles. The molecule has 4 rings (SSSR count). The van der Waals surface area contributed by atoms with E-state index in [1.807, 2.05) is 36.4 Å².